The van der Waals surface area contributed by atoms with E-state index in [4.69, 9.17) is 0 Å². The second kappa shape index (κ2) is 11.3. The third-order valence-corrected chi connectivity index (χ3v) is 9.41. The summed E-state index contributed by atoms with van der Waals surface area (Å²) in [7, 11) is 0. The van der Waals surface area contributed by atoms with Gasteiger partial charge in [-0.05, 0) is 108 Å². The zero-order valence-corrected chi connectivity index (χ0v) is 25.8. The third kappa shape index (κ3) is 4.64. The maximum Gasteiger partial charge on any atom is 0.0462 e. The first-order valence-corrected chi connectivity index (χ1v) is 16.2. The molecular formula is C46H31N. The molecule has 0 amide bonds. The Balaban J connectivity index is 1.23. The Hall–Kier alpha value is -6.18. The highest BCUT2D eigenvalue weighted by Crippen LogP contribution is 2.45. The topological polar surface area (TPSA) is 3.24 Å². The summed E-state index contributed by atoms with van der Waals surface area (Å²) < 4.78 is 0. The minimum absolute atomic E-state index is 1.13. The molecule has 0 aliphatic carbocycles. The van der Waals surface area contributed by atoms with Crippen molar-refractivity contribution >= 4 is 60.2 Å². The second-order valence-electron chi connectivity index (χ2n) is 12.1. The van der Waals surface area contributed by atoms with Crippen LogP contribution in [0.5, 0.6) is 0 Å². The molecule has 1 heteroatoms. The van der Waals surface area contributed by atoms with Crippen molar-refractivity contribution in [2.45, 2.75) is 0 Å². The average Bonchev–Trinajstić information content (AvgIpc) is 3.15. The summed E-state index contributed by atoms with van der Waals surface area (Å²) in [5.74, 6) is 0. The van der Waals surface area contributed by atoms with Gasteiger partial charge >= 0.3 is 0 Å². The van der Waals surface area contributed by atoms with Crippen LogP contribution in [0, 0.1) is 0 Å². The molecule has 0 unspecified atom stereocenters. The maximum atomic E-state index is 2.37. The van der Waals surface area contributed by atoms with Crippen molar-refractivity contribution in [3.05, 3.63) is 188 Å². The van der Waals surface area contributed by atoms with Crippen LogP contribution in [0.25, 0.3) is 65.3 Å². The van der Waals surface area contributed by atoms with E-state index in [-0.39, 0.29) is 0 Å². The lowest BCUT2D eigenvalue weighted by Crippen LogP contribution is -2.09. The van der Waals surface area contributed by atoms with Crippen molar-refractivity contribution in [3.8, 4) is 22.3 Å². The van der Waals surface area contributed by atoms with E-state index in [1.165, 1.54) is 65.3 Å². The number of hydrogen-bond donors (Lipinski definition) is 0. The summed E-state index contributed by atoms with van der Waals surface area (Å²) in [6, 6.07) is 68.1. The molecule has 0 spiro atoms. The van der Waals surface area contributed by atoms with Crippen LogP contribution in [-0.2, 0) is 0 Å². The summed E-state index contributed by atoms with van der Waals surface area (Å²) in [6.45, 7) is 0. The van der Waals surface area contributed by atoms with E-state index >= 15 is 0 Å². The van der Waals surface area contributed by atoms with Crippen LogP contribution in [0.15, 0.2) is 188 Å². The van der Waals surface area contributed by atoms with Crippen LogP contribution in [0.1, 0.15) is 0 Å². The minimum Gasteiger partial charge on any atom is -0.311 e. The van der Waals surface area contributed by atoms with E-state index in [1.807, 2.05) is 0 Å². The Kier molecular flexibility index (Phi) is 6.54. The normalized spacial score (nSPS) is 11.4. The first-order valence-electron chi connectivity index (χ1n) is 16.2. The first kappa shape index (κ1) is 27.2. The van der Waals surface area contributed by atoms with Crippen molar-refractivity contribution < 1.29 is 0 Å². The molecule has 0 radical (unpaired) electrons. The second-order valence-corrected chi connectivity index (χ2v) is 12.1. The predicted octanol–water partition coefficient (Wildman–Crippen LogP) is 13.1. The van der Waals surface area contributed by atoms with Crippen molar-refractivity contribution in [2.24, 2.45) is 0 Å². The molecule has 0 aliphatic rings. The SMILES string of the molecule is c1ccc(N(c2ccccc2)c2ccc(-c3c4ccccc4c(-c4ccc5c(ccc6ccccc65)c4)c4ccccc34)cc2)cc1. The maximum absolute atomic E-state index is 2.37. The lowest BCUT2D eigenvalue weighted by Gasteiger charge is -2.25. The van der Waals surface area contributed by atoms with Gasteiger partial charge in [-0.3, -0.25) is 0 Å². The lowest BCUT2D eigenvalue weighted by atomic mass is 9.85. The highest BCUT2D eigenvalue weighted by molar-refractivity contribution is 6.22. The van der Waals surface area contributed by atoms with Crippen molar-refractivity contribution in [3.63, 3.8) is 0 Å². The van der Waals surface area contributed by atoms with Crippen LogP contribution in [0.2, 0.25) is 0 Å². The molecule has 0 aliphatic heterocycles. The van der Waals surface area contributed by atoms with Gasteiger partial charge in [0.15, 0.2) is 0 Å². The molecule has 0 N–H and O–H groups in total. The molecule has 0 fully saturated rings. The zero-order valence-electron chi connectivity index (χ0n) is 25.8. The summed E-state index contributed by atoms with van der Waals surface area (Å²) >= 11 is 0. The lowest BCUT2D eigenvalue weighted by molar-refractivity contribution is 1.28. The van der Waals surface area contributed by atoms with Gasteiger partial charge in [-0.15, -0.1) is 0 Å². The van der Waals surface area contributed by atoms with Crippen LogP contribution in [0.3, 0.4) is 0 Å². The zero-order chi connectivity index (χ0) is 31.2. The van der Waals surface area contributed by atoms with Gasteiger partial charge in [0.1, 0.15) is 0 Å². The Morgan fingerprint density at radius 3 is 1.23 bits per heavy atom. The third-order valence-electron chi connectivity index (χ3n) is 9.41. The molecule has 1 nitrogen and oxygen atoms in total. The molecule has 220 valence electrons. The molecule has 0 atom stereocenters. The number of anilines is 3. The molecule has 0 bridgehead atoms. The molecule has 0 heterocycles. The molecule has 9 aromatic rings. The minimum atomic E-state index is 1.13. The van der Waals surface area contributed by atoms with Crippen LogP contribution in [-0.4, -0.2) is 0 Å². The average molecular weight is 598 g/mol. The smallest absolute Gasteiger partial charge is 0.0462 e. The Labute approximate surface area is 274 Å². The van der Waals surface area contributed by atoms with Gasteiger partial charge in [-0.1, -0.05) is 146 Å². The fourth-order valence-electron chi connectivity index (χ4n) is 7.30. The highest BCUT2D eigenvalue weighted by atomic mass is 15.1. The van der Waals surface area contributed by atoms with Crippen molar-refractivity contribution in [1.29, 1.82) is 0 Å². The summed E-state index contributed by atoms with van der Waals surface area (Å²) in [4.78, 5) is 2.31. The van der Waals surface area contributed by atoms with Gasteiger partial charge in [0.05, 0.1) is 0 Å². The van der Waals surface area contributed by atoms with E-state index in [1.54, 1.807) is 0 Å². The van der Waals surface area contributed by atoms with Gasteiger partial charge in [-0.25, -0.2) is 0 Å². The van der Waals surface area contributed by atoms with E-state index in [9.17, 15) is 0 Å². The standard InChI is InChI=1S/C46H31N/c1-3-14-36(15-4-1)47(37-16-5-2-6-17-37)38-28-25-33(26-29-38)45-41-19-9-11-21-43(41)46(44-22-12-10-20-42(44)45)35-27-30-40-34(31-35)24-23-32-13-7-8-18-39(32)40/h1-31H. The number of rotatable bonds is 5. The summed E-state index contributed by atoms with van der Waals surface area (Å²) in [5, 5.41) is 10.2. The molecule has 9 rings (SSSR count). The fourth-order valence-corrected chi connectivity index (χ4v) is 7.30. The fraction of sp³-hybridized carbons (Fsp3) is 0. The first-order chi connectivity index (χ1) is 23.3. The van der Waals surface area contributed by atoms with Crippen LogP contribution < -0.4 is 4.90 Å². The summed E-state index contributed by atoms with van der Waals surface area (Å²) in [5.41, 5.74) is 8.39. The molecule has 0 saturated carbocycles. The molecule has 0 aromatic heterocycles. The van der Waals surface area contributed by atoms with Gasteiger partial charge < -0.3 is 4.90 Å². The van der Waals surface area contributed by atoms with Crippen LogP contribution >= 0.6 is 0 Å². The van der Waals surface area contributed by atoms with Gasteiger partial charge in [0.25, 0.3) is 0 Å². The Bertz CT molecular complexity index is 2450. The van der Waals surface area contributed by atoms with Gasteiger partial charge in [-0.2, -0.15) is 0 Å². The Morgan fingerprint density at radius 2 is 0.660 bits per heavy atom. The van der Waals surface area contributed by atoms with E-state index < -0.39 is 0 Å². The molecule has 9 aromatic carbocycles. The largest absolute Gasteiger partial charge is 0.311 e. The van der Waals surface area contributed by atoms with E-state index in [0.717, 1.165) is 17.1 Å². The number of hydrogen-bond acceptors (Lipinski definition) is 1. The molecule has 0 saturated heterocycles. The number of nitrogens with zero attached hydrogens (tertiary/aromatic N) is 1. The van der Waals surface area contributed by atoms with Crippen LogP contribution in [0.4, 0.5) is 17.1 Å². The monoisotopic (exact) mass is 597 g/mol. The quantitative estimate of drug-likeness (QED) is 0.141. The molecule has 47 heavy (non-hydrogen) atoms. The van der Waals surface area contributed by atoms with E-state index in [0.29, 0.717) is 0 Å². The van der Waals surface area contributed by atoms with Gasteiger partial charge in [0, 0.05) is 17.1 Å². The Morgan fingerprint density at radius 1 is 0.255 bits per heavy atom. The van der Waals surface area contributed by atoms with E-state index in [2.05, 4.69) is 193 Å². The van der Waals surface area contributed by atoms with Gasteiger partial charge in [0.2, 0.25) is 0 Å². The summed E-state index contributed by atoms with van der Waals surface area (Å²) in [6.07, 6.45) is 0. The van der Waals surface area contributed by atoms with Crippen molar-refractivity contribution in [1.82, 2.24) is 0 Å². The van der Waals surface area contributed by atoms with Crippen molar-refractivity contribution in [2.75, 3.05) is 4.90 Å². The highest BCUT2D eigenvalue weighted by Gasteiger charge is 2.18. The molecular weight excluding hydrogens is 567 g/mol. The number of para-hydroxylation sites is 2. The predicted molar refractivity (Wildman–Crippen MR) is 202 cm³/mol. The number of benzene rings is 9. The number of fused-ring (bicyclic) bond motifs is 5.